The molecule has 3 heteroatoms. The highest BCUT2D eigenvalue weighted by atomic mass is 14.8. The van der Waals surface area contributed by atoms with Gasteiger partial charge in [0.15, 0.2) is 0 Å². The Balaban J connectivity index is 2.13. The Morgan fingerprint density at radius 1 is 1.00 bits per heavy atom. The average molecular weight is 277 g/mol. The second-order valence-corrected chi connectivity index (χ2v) is 5.32. The summed E-state index contributed by atoms with van der Waals surface area (Å²) in [5, 5.41) is 1.17. The van der Waals surface area contributed by atoms with E-state index in [0.717, 1.165) is 23.1 Å². The van der Waals surface area contributed by atoms with E-state index in [1.807, 2.05) is 25.1 Å². The molecule has 21 heavy (non-hydrogen) atoms. The fraction of sp³-hybridized carbons (Fsp3) is 0.167. The molecule has 0 aliphatic rings. The Morgan fingerprint density at radius 3 is 2.57 bits per heavy atom. The SMILES string of the molecule is Cc1c(N)nc2ccccc2c1Cc1cccc(CN)c1. The average Bonchev–Trinajstić information content (AvgIpc) is 2.52. The lowest BCUT2D eigenvalue weighted by atomic mass is 9.96. The molecular formula is C18H19N3. The minimum Gasteiger partial charge on any atom is -0.383 e. The Hall–Kier alpha value is -2.39. The van der Waals surface area contributed by atoms with Gasteiger partial charge in [-0.25, -0.2) is 4.98 Å². The summed E-state index contributed by atoms with van der Waals surface area (Å²) in [6, 6.07) is 16.5. The first-order valence-electron chi connectivity index (χ1n) is 7.10. The quantitative estimate of drug-likeness (QED) is 0.772. The predicted octanol–water partition coefficient (Wildman–Crippen LogP) is 3.17. The van der Waals surface area contributed by atoms with Crippen LogP contribution in [0.2, 0.25) is 0 Å². The lowest BCUT2D eigenvalue weighted by molar-refractivity contribution is 1.05. The van der Waals surface area contributed by atoms with E-state index in [4.69, 9.17) is 11.5 Å². The zero-order valence-electron chi connectivity index (χ0n) is 12.1. The summed E-state index contributed by atoms with van der Waals surface area (Å²) in [7, 11) is 0. The van der Waals surface area contributed by atoms with Crippen molar-refractivity contribution in [2.45, 2.75) is 19.9 Å². The summed E-state index contributed by atoms with van der Waals surface area (Å²) in [5.74, 6) is 0.610. The van der Waals surface area contributed by atoms with Crippen molar-refractivity contribution in [2.75, 3.05) is 5.73 Å². The first-order valence-corrected chi connectivity index (χ1v) is 7.10. The summed E-state index contributed by atoms with van der Waals surface area (Å²) in [5.41, 5.74) is 17.4. The van der Waals surface area contributed by atoms with Crippen molar-refractivity contribution in [2.24, 2.45) is 5.73 Å². The number of hydrogen-bond donors (Lipinski definition) is 2. The third kappa shape index (κ3) is 2.60. The van der Waals surface area contributed by atoms with Crippen LogP contribution in [0.4, 0.5) is 5.82 Å². The summed E-state index contributed by atoms with van der Waals surface area (Å²) in [4.78, 5) is 4.47. The van der Waals surface area contributed by atoms with E-state index in [-0.39, 0.29) is 0 Å². The van der Waals surface area contributed by atoms with Crippen LogP contribution in [-0.4, -0.2) is 4.98 Å². The molecule has 3 rings (SSSR count). The lowest BCUT2D eigenvalue weighted by Gasteiger charge is -2.13. The summed E-state index contributed by atoms with van der Waals surface area (Å²) in [6.07, 6.45) is 0.840. The van der Waals surface area contributed by atoms with Gasteiger partial charge in [-0.3, -0.25) is 0 Å². The number of nitrogens with zero attached hydrogens (tertiary/aromatic N) is 1. The van der Waals surface area contributed by atoms with E-state index < -0.39 is 0 Å². The molecule has 3 nitrogen and oxygen atoms in total. The van der Waals surface area contributed by atoms with E-state index in [0.29, 0.717) is 12.4 Å². The Labute approximate surface area is 124 Å². The molecule has 0 atom stereocenters. The van der Waals surface area contributed by atoms with E-state index in [2.05, 4.69) is 35.3 Å². The number of nitrogen functional groups attached to an aromatic ring is 1. The van der Waals surface area contributed by atoms with E-state index in [1.54, 1.807) is 0 Å². The molecule has 0 amide bonds. The van der Waals surface area contributed by atoms with Crippen molar-refractivity contribution in [1.29, 1.82) is 0 Å². The fourth-order valence-electron chi connectivity index (χ4n) is 2.70. The molecule has 106 valence electrons. The third-order valence-electron chi connectivity index (χ3n) is 3.91. The summed E-state index contributed by atoms with van der Waals surface area (Å²) in [6.45, 7) is 2.60. The normalized spacial score (nSPS) is 11.0. The van der Waals surface area contributed by atoms with Gasteiger partial charge in [0.1, 0.15) is 5.82 Å². The van der Waals surface area contributed by atoms with Crippen LogP contribution in [0.3, 0.4) is 0 Å². The van der Waals surface area contributed by atoms with Crippen LogP contribution >= 0.6 is 0 Å². The first kappa shape index (κ1) is 13.6. The molecule has 1 heterocycles. The minimum atomic E-state index is 0.562. The molecule has 0 saturated carbocycles. The number of rotatable bonds is 3. The topological polar surface area (TPSA) is 64.9 Å². The maximum Gasteiger partial charge on any atom is 0.127 e. The Kier molecular flexibility index (Phi) is 3.59. The predicted molar refractivity (Wildman–Crippen MR) is 88.0 cm³/mol. The number of nitrogens with two attached hydrogens (primary N) is 2. The lowest BCUT2D eigenvalue weighted by Crippen LogP contribution is -2.02. The molecule has 2 aromatic carbocycles. The van der Waals surface area contributed by atoms with Crippen LogP contribution < -0.4 is 11.5 Å². The van der Waals surface area contributed by atoms with E-state index >= 15 is 0 Å². The number of benzene rings is 2. The third-order valence-corrected chi connectivity index (χ3v) is 3.91. The van der Waals surface area contributed by atoms with Crippen LogP contribution in [0.15, 0.2) is 48.5 Å². The van der Waals surface area contributed by atoms with Gasteiger partial charge in [-0.2, -0.15) is 0 Å². The van der Waals surface area contributed by atoms with Gasteiger partial charge in [0.25, 0.3) is 0 Å². The second-order valence-electron chi connectivity index (χ2n) is 5.32. The van der Waals surface area contributed by atoms with Crippen LogP contribution in [-0.2, 0) is 13.0 Å². The molecule has 0 spiro atoms. The number of pyridine rings is 1. The van der Waals surface area contributed by atoms with Gasteiger partial charge >= 0.3 is 0 Å². The van der Waals surface area contributed by atoms with Gasteiger partial charge in [-0.05, 0) is 41.7 Å². The molecule has 0 unspecified atom stereocenters. The van der Waals surface area contributed by atoms with Crippen molar-refractivity contribution < 1.29 is 0 Å². The highest BCUT2D eigenvalue weighted by molar-refractivity contribution is 5.85. The van der Waals surface area contributed by atoms with Gasteiger partial charge in [-0.15, -0.1) is 0 Å². The monoisotopic (exact) mass is 277 g/mol. The number of para-hydroxylation sites is 1. The van der Waals surface area contributed by atoms with Gasteiger partial charge < -0.3 is 11.5 Å². The van der Waals surface area contributed by atoms with Crippen LogP contribution in [0, 0.1) is 6.92 Å². The van der Waals surface area contributed by atoms with Gasteiger partial charge in [0.2, 0.25) is 0 Å². The molecule has 0 radical (unpaired) electrons. The first-order chi connectivity index (χ1) is 10.2. The smallest absolute Gasteiger partial charge is 0.127 e. The number of anilines is 1. The van der Waals surface area contributed by atoms with Gasteiger partial charge in [-0.1, -0.05) is 42.5 Å². The molecule has 0 aliphatic carbocycles. The largest absolute Gasteiger partial charge is 0.383 e. The van der Waals surface area contributed by atoms with E-state index in [1.165, 1.54) is 16.5 Å². The van der Waals surface area contributed by atoms with Crippen molar-refractivity contribution >= 4 is 16.7 Å². The van der Waals surface area contributed by atoms with Crippen molar-refractivity contribution in [3.05, 3.63) is 70.8 Å². The highest BCUT2D eigenvalue weighted by Gasteiger charge is 2.10. The zero-order valence-corrected chi connectivity index (χ0v) is 12.1. The summed E-state index contributed by atoms with van der Waals surface area (Å²) < 4.78 is 0. The molecule has 4 N–H and O–H groups in total. The molecular weight excluding hydrogens is 258 g/mol. The zero-order chi connectivity index (χ0) is 14.8. The minimum absolute atomic E-state index is 0.562. The van der Waals surface area contributed by atoms with Gasteiger partial charge in [0, 0.05) is 11.9 Å². The van der Waals surface area contributed by atoms with Crippen LogP contribution in [0.5, 0.6) is 0 Å². The second kappa shape index (κ2) is 5.54. The highest BCUT2D eigenvalue weighted by Crippen LogP contribution is 2.26. The maximum atomic E-state index is 6.07. The van der Waals surface area contributed by atoms with Crippen molar-refractivity contribution in [3.8, 4) is 0 Å². The molecule has 0 fully saturated rings. The van der Waals surface area contributed by atoms with E-state index in [9.17, 15) is 0 Å². The maximum absolute atomic E-state index is 6.07. The number of hydrogen-bond acceptors (Lipinski definition) is 3. The standard InChI is InChI=1S/C18H19N3/c1-12-16(10-13-5-4-6-14(9-13)11-19)15-7-2-3-8-17(15)21-18(12)20/h2-9H,10-11,19H2,1H3,(H2,20,21). The number of fused-ring (bicyclic) bond motifs is 1. The molecule has 0 saturated heterocycles. The Bertz CT molecular complexity index is 794. The molecule has 0 bridgehead atoms. The number of aromatic nitrogens is 1. The van der Waals surface area contributed by atoms with Crippen LogP contribution in [0.25, 0.3) is 10.9 Å². The molecule has 0 aliphatic heterocycles. The Morgan fingerprint density at radius 2 is 1.76 bits per heavy atom. The summed E-state index contributed by atoms with van der Waals surface area (Å²) >= 11 is 0. The van der Waals surface area contributed by atoms with Crippen LogP contribution in [0.1, 0.15) is 22.3 Å². The van der Waals surface area contributed by atoms with Crippen molar-refractivity contribution in [3.63, 3.8) is 0 Å². The molecule has 3 aromatic rings. The van der Waals surface area contributed by atoms with Crippen molar-refractivity contribution in [1.82, 2.24) is 4.98 Å². The molecule has 1 aromatic heterocycles. The fourth-order valence-corrected chi connectivity index (χ4v) is 2.70. The van der Waals surface area contributed by atoms with Gasteiger partial charge in [0.05, 0.1) is 5.52 Å².